The second kappa shape index (κ2) is 9.52. The van der Waals surface area contributed by atoms with E-state index in [1.165, 1.54) is 0 Å². The van der Waals surface area contributed by atoms with E-state index < -0.39 is 0 Å². The number of aromatic nitrogens is 4. The van der Waals surface area contributed by atoms with E-state index in [1.54, 1.807) is 6.07 Å². The van der Waals surface area contributed by atoms with Crippen molar-refractivity contribution in [2.24, 2.45) is 12.8 Å². The minimum absolute atomic E-state index is 0. The van der Waals surface area contributed by atoms with E-state index >= 15 is 0 Å². The number of carbonyl (C=O) groups excluding carboxylic acids is 1. The second-order valence-corrected chi connectivity index (χ2v) is 6.69. The van der Waals surface area contributed by atoms with Crippen molar-refractivity contribution < 1.29 is 4.79 Å². The van der Waals surface area contributed by atoms with E-state index in [2.05, 4.69) is 15.3 Å². The van der Waals surface area contributed by atoms with Crippen molar-refractivity contribution in [3.8, 4) is 11.3 Å². The fourth-order valence-corrected chi connectivity index (χ4v) is 3.21. The number of rotatable bonds is 7. The molecule has 3 aromatic rings. The van der Waals surface area contributed by atoms with Crippen LogP contribution in [0.1, 0.15) is 33.9 Å². The minimum Gasteiger partial charge on any atom is -0.333 e. The van der Waals surface area contributed by atoms with Gasteiger partial charge < -0.3 is 10.6 Å². The van der Waals surface area contributed by atoms with Gasteiger partial charge in [0.2, 0.25) is 0 Å². The fourth-order valence-electron chi connectivity index (χ4n) is 3.21. The van der Waals surface area contributed by atoms with Gasteiger partial charge in [0.1, 0.15) is 5.69 Å². The van der Waals surface area contributed by atoms with Crippen LogP contribution in [0.4, 0.5) is 0 Å². The summed E-state index contributed by atoms with van der Waals surface area (Å²) >= 11 is 0. The van der Waals surface area contributed by atoms with Gasteiger partial charge >= 0.3 is 0 Å². The van der Waals surface area contributed by atoms with Crippen molar-refractivity contribution in [3.63, 3.8) is 0 Å². The van der Waals surface area contributed by atoms with Gasteiger partial charge in [0, 0.05) is 31.4 Å². The van der Waals surface area contributed by atoms with Crippen LogP contribution in [0, 0.1) is 13.8 Å². The van der Waals surface area contributed by atoms with Crippen LogP contribution in [0.3, 0.4) is 0 Å². The Hall–Kier alpha value is -2.64. The maximum absolute atomic E-state index is 13.1. The van der Waals surface area contributed by atoms with Gasteiger partial charge in [-0.1, -0.05) is 30.3 Å². The van der Waals surface area contributed by atoms with Crippen molar-refractivity contribution in [3.05, 3.63) is 59.0 Å². The number of benzene rings is 1. The zero-order valence-corrected chi connectivity index (χ0v) is 17.3. The summed E-state index contributed by atoms with van der Waals surface area (Å²) in [5.41, 5.74) is 10.8. The average Bonchev–Trinajstić information content (AvgIpc) is 3.23. The zero-order valence-electron chi connectivity index (χ0n) is 16.5. The number of nitrogens with two attached hydrogens (primary N) is 1. The van der Waals surface area contributed by atoms with Crippen LogP contribution in [0.25, 0.3) is 11.3 Å². The van der Waals surface area contributed by atoms with E-state index in [-0.39, 0.29) is 18.3 Å². The van der Waals surface area contributed by atoms with Crippen LogP contribution in [0.5, 0.6) is 0 Å². The van der Waals surface area contributed by atoms with Gasteiger partial charge in [0.25, 0.3) is 5.91 Å². The predicted molar refractivity (Wildman–Crippen MR) is 112 cm³/mol. The van der Waals surface area contributed by atoms with Gasteiger partial charge in [-0.25, -0.2) is 0 Å². The lowest BCUT2D eigenvalue weighted by Gasteiger charge is -2.22. The normalized spacial score (nSPS) is 10.6. The number of amides is 1. The maximum atomic E-state index is 13.1. The minimum atomic E-state index is -0.0785. The number of hydrogen-bond donors (Lipinski definition) is 2. The van der Waals surface area contributed by atoms with Crippen molar-refractivity contribution in [1.29, 1.82) is 0 Å². The molecule has 0 aliphatic carbocycles. The van der Waals surface area contributed by atoms with Crippen LogP contribution < -0.4 is 5.73 Å². The van der Waals surface area contributed by atoms with E-state index in [0.29, 0.717) is 25.3 Å². The molecule has 8 heteroatoms. The highest BCUT2D eigenvalue weighted by molar-refractivity contribution is 5.93. The number of H-pyrrole nitrogens is 1. The molecule has 0 saturated carbocycles. The molecule has 1 aromatic carbocycles. The van der Waals surface area contributed by atoms with Gasteiger partial charge in [0.05, 0.1) is 11.4 Å². The van der Waals surface area contributed by atoms with Crippen LogP contribution in [0.2, 0.25) is 0 Å². The van der Waals surface area contributed by atoms with Crippen LogP contribution in [-0.2, 0) is 13.6 Å². The smallest absolute Gasteiger partial charge is 0.272 e. The Morgan fingerprint density at radius 3 is 2.57 bits per heavy atom. The Balaban J connectivity index is 0.00000280. The first-order chi connectivity index (χ1) is 13.0. The topological polar surface area (TPSA) is 92.8 Å². The monoisotopic (exact) mass is 402 g/mol. The summed E-state index contributed by atoms with van der Waals surface area (Å²) in [5.74, 6) is -0.0785. The first kappa shape index (κ1) is 21.7. The molecule has 0 spiro atoms. The van der Waals surface area contributed by atoms with E-state index in [9.17, 15) is 4.79 Å². The number of nitrogens with zero attached hydrogens (tertiary/aromatic N) is 4. The summed E-state index contributed by atoms with van der Waals surface area (Å²) in [6.07, 6.45) is 0.750. The lowest BCUT2D eigenvalue weighted by Crippen LogP contribution is -2.32. The molecule has 7 nitrogen and oxygen atoms in total. The van der Waals surface area contributed by atoms with Crippen molar-refractivity contribution in [2.45, 2.75) is 26.8 Å². The third-order valence-corrected chi connectivity index (χ3v) is 4.71. The standard InChI is InChI=1S/C20H26N6O.ClH/c1-14-19(15(2)25(3)24-14)17-12-18(23-22-17)20(27)26(11-7-10-21)13-16-8-5-4-6-9-16;/h4-6,8-9,12H,7,10-11,13,21H2,1-3H3,(H,22,23);1H. The Labute approximate surface area is 171 Å². The molecule has 2 heterocycles. The molecule has 0 aliphatic rings. The number of carbonyl (C=O) groups is 1. The molecule has 0 unspecified atom stereocenters. The lowest BCUT2D eigenvalue weighted by molar-refractivity contribution is 0.0736. The maximum Gasteiger partial charge on any atom is 0.272 e. The average molecular weight is 403 g/mol. The molecule has 0 saturated heterocycles. The molecule has 150 valence electrons. The molecule has 0 bridgehead atoms. The predicted octanol–water partition coefficient (Wildman–Crippen LogP) is 2.84. The number of aromatic amines is 1. The molecule has 0 radical (unpaired) electrons. The van der Waals surface area contributed by atoms with Gasteiger partial charge in [-0.3, -0.25) is 14.6 Å². The van der Waals surface area contributed by atoms with Crippen molar-refractivity contribution in [2.75, 3.05) is 13.1 Å². The van der Waals surface area contributed by atoms with Gasteiger partial charge in [-0.05, 0) is 38.4 Å². The first-order valence-electron chi connectivity index (χ1n) is 9.10. The SMILES string of the molecule is Cc1nn(C)c(C)c1-c1cc(C(=O)N(CCCN)Cc2ccccc2)[nH]n1.Cl. The van der Waals surface area contributed by atoms with E-state index in [1.807, 2.05) is 60.8 Å². The summed E-state index contributed by atoms with van der Waals surface area (Å²) < 4.78 is 1.82. The highest BCUT2D eigenvalue weighted by Gasteiger charge is 2.21. The molecule has 1 amide bonds. The summed E-state index contributed by atoms with van der Waals surface area (Å²) in [5, 5.41) is 11.7. The summed E-state index contributed by atoms with van der Waals surface area (Å²) in [4.78, 5) is 14.9. The van der Waals surface area contributed by atoms with Gasteiger partial charge in [-0.2, -0.15) is 10.2 Å². The molecule has 3 N–H and O–H groups in total. The quantitative estimate of drug-likeness (QED) is 0.635. The third-order valence-electron chi connectivity index (χ3n) is 4.71. The molecular weight excluding hydrogens is 376 g/mol. The lowest BCUT2D eigenvalue weighted by atomic mass is 10.1. The highest BCUT2D eigenvalue weighted by atomic mass is 35.5. The van der Waals surface area contributed by atoms with Crippen molar-refractivity contribution in [1.82, 2.24) is 24.9 Å². The molecule has 0 fully saturated rings. The van der Waals surface area contributed by atoms with E-state index in [4.69, 9.17) is 5.73 Å². The molecule has 0 atom stereocenters. The largest absolute Gasteiger partial charge is 0.333 e. The molecular formula is C20H27ClN6O. The zero-order chi connectivity index (χ0) is 19.4. The van der Waals surface area contributed by atoms with Gasteiger partial charge in [0.15, 0.2) is 0 Å². The molecule has 2 aromatic heterocycles. The Morgan fingerprint density at radius 1 is 1.25 bits per heavy atom. The Bertz CT molecular complexity index is 918. The molecule has 28 heavy (non-hydrogen) atoms. The number of halogens is 1. The van der Waals surface area contributed by atoms with Crippen molar-refractivity contribution >= 4 is 18.3 Å². The number of hydrogen-bond acceptors (Lipinski definition) is 4. The Morgan fingerprint density at radius 2 is 1.96 bits per heavy atom. The number of aryl methyl sites for hydroxylation is 2. The molecule has 0 aliphatic heterocycles. The van der Waals surface area contributed by atoms with Crippen LogP contribution >= 0.6 is 12.4 Å². The number of nitrogens with one attached hydrogen (secondary N) is 1. The third kappa shape index (κ3) is 4.61. The van der Waals surface area contributed by atoms with Gasteiger partial charge in [-0.15, -0.1) is 12.4 Å². The summed E-state index contributed by atoms with van der Waals surface area (Å²) in [6.45, 7) is 5.62. The van der Waals surface area contributed by atoms with Crippen LogP contribution in [-0.4, -0.2) is 43.9 Å². The summed E-state index contributed by atoms with van der Waals surface area (Å²) in [7, 11) is 1.90. The highest BCUT2D eigenvalue weighted by Crippen LogP contribution is 2.25. The second-order valence-electron chi connectivity index (χ2n) is 6.69. The van der Waals surface area contributed by atoms with Crippen LogP contribution in [0.15, 0.2) is 36.4 Å². The Kier molecular flexibility index (Phi) is 7.37. The first-order valence-corrected chi connectivity index (χ1v) is 9.10. The molecule has 3 rings (SSSR count). The van der Waals surface area contributed by atoms with E-state index in [0.717, 1.165) is 34.6 Å². The fraction of sp³-hybridized carbons (Fsp3) is 0.350. The summed E-state index contributed by atoms with van der Waals surface area (Å²) in [6, 6.07) is 11.8.